The van der Waals surface area contributed by atoms with Gasteiger partial charge in [-0.15, -0.1) is 0 Å². The predicted molar refractivity (Wildman–Crippen MR) is 164 cm³/mol. The number of benzene rings is 2. The Morgan fingerprint density at radius 1 is 1.05 bits per heavy atom. The van der Waals surface area contributed by atoms with Crippen LogP contribution in [0.2, 0.25) is 5.02 Å². The van der Waals surface area contributed by atoms with E-state index in [4.69, 9.17) is 16.3 Å². The Hall–Kier alpha value is -2.55. The Kier molecular flexibility index (Phi) is 7.30. The third kappa shape index (κ3) is 5.03. The van der Waals surface area contributed by atoms with Gasteiger partial charge in [-0.05, 0) is 111 Å². The van der Waals surface area contributed by atoms with Gasteiger partial charge in [0.05, 0.1) is 23.6 Å². The summed E-state index contributed by atoms with van der Waals surface area (Å²) in [7, 11) is -3.86. The number of aliphatic hydroxyl groups is 1. The highest BCUT2D eigenvalue weighted by atomic mass is 35.5. The van der Waals surface area contributed by atoms with E-state index in [1.165, 1.54) is 11.1 Å². The number of hydrogen-bond donors (Lipinski definition) is 2. The lowest BCUT2D eigenvalue weighted by Gasteiger charge is -2.45. The van der Waals surface area contributed by atoms with E-state index in [0.29, 0.717) is 43.2 Å². The Morgan fingerprint density at radius 3 is 2.76 bits per heavy atom. The summed E-state index contributed by atoms with van der Waals surface area (Å²) in [5.74, 6) is 0.472. The zero-order valence-electron chi connectivity index (χ0n) is 23.8. The van der Waals surface area contributed by atoms with E-state index in [2.05, 4.69) is 21.8 Å². The zero-order valence-corrected chi connectivity index (χ0v) is 25.4. The number of aryl methyl sites for hydroxylation is 1. The number of fused-ring (bicyclic) bond motifs is 5. The molecule has 2 N–H and O–H groups in total. The Labute approximate surface area is 253 Å². The molecule has 2 aromatic rings. The first kappa shape index (κ1) is 28.2. The minimum atomic E-state index is -3.86. The largest absolute Gasteiger partial charge is 0.490 e. The van der Waals surface area contributed by atoms with E-state index in [-0.39, 0.29) is 17.3 Å². The first-order chi connectivity index (χ1) is 20.2. The number of allylic oxidation sites excluding steroid dienone is 1. The molecule has 1 spiro atoms. The van der Waals surface area contributed by atoms with Crippen LogP contribution in [-0.2, 0) is 21.9 Å². The lowest BCUT2D eigenvalue weighted by molar-refractivity contribution is 0.0455. The van der Waals surface area contributed by atoms with E-state index in [1.807, 2.05) is 24.3 Å². The van der Waals surface area contributed by atoms with Crippen molar-refractivity contribution < 1.29 is 23.1 Å². The number of nitrogens with one attached hydrogen (secondary N) is 1. The topological polar surface area (TPSA) is 95.9 Å². The molecule has 2 aromatic carbocycles. The maximum Gasteiger partial charge on any atom is 0.264 e. The van der Waals surface area contributed by atoms with Gasteiger partial charge in [-0.25, -0.2) is 13.1 Å². The maximum atomic E-state index is 13.4. The molecule has 7 rings (SSSR count). The fourth-order valence-electron chi connectivity index (χ4n) is 8.29. The molecule has 7 nitrogen and oxygen atoms in total. The van der Waals surface area contributed by atoms with Gasteiger partial charge < -0.3 is 14.7 Å². The minimum Gasteiger partial charge on any atom is -0.490 e. The highest BCUT2D eigenvalue weighted by molar-refractivity contribution is 7.90. The molecule has 2 fully saturated rings. The van der Waals surface area contributed by atoms with Gasteiger partial charge in [0.25, 0.3) is 5.91 Å². The van der Waals surface area contributed by atoms with Crippen LogP contribution in [-0.4, -0.2) is 50.5 Å². The van der Waals surface area contributed by atoms with Crippen molar-refractivity contribution in [2.45, 2.75) is 74.6 Å². The van der Waals surface area contributed by atoms with Gasteiger partial charge in [0.15, 0.2) is 0 Å². The smallest absolute Gasteiger partial charge is 0.264 e. The van der Waals surface area contributed by atoms with Crippen molar-refractivity contribution in [1.82, 2.24) is 4.72 Å². The lowest BCUT2D eigenvalue weighted by atomic mass is 9.68. The number of aliphatic hydroxyl groups excluding tert-OH is 1. The molecule has 9 heteroatoms. The second-order valence-corrected chi connectivity index (χ2v) is 15.5. The molecule has 0 aromatic heterocycles. The van der Waals surface area contributed by atoms with Crippen LogP contribution < -0.4 is 14.4 Å². The van der Waals surface area contributed by atoms with Crippen LogP contribution in [0.3, 0.4) is 0 Å². The second kappa shape index (κ2) is 10.9. The summed E-state index contributed by atoms with van der Waals surface area (Å²) in [5, 5.41) is 11.3. The SMILES string of the molecule is O=C1NS(=O)(=O)[C@@H]2CCC[C@@H]2C/C=C/[C@H](O)[C@@H]2CC[C@H]2CN2C[C@@]3(CCCc4cc(Cl)ccc43)COc3ccc1cc32. The third-order valence-electron chi connectivity index (χ3n) is 10.7. The highest BCUT2D eigenvalue weighted by Crippen LogP contribution is 2.47. The number of amides is 1. The second-order valence-electron chi connectivity index (χ2n) is 13.1. The molecule has 2 aliphatic heterocycles. The van der Waals surface area contributed by atoms with E-state index < -0.39 is 27.3 Å². The zero-order chi connectivity index (χ0) is 29.1. The summed E-state index contributed by atoms with van der Waals surface area (Å²) in [6.07, 6.45) is 11.0. The number of ether oxygens (including phenoxy) is 1. The van der Waals surface area contributed by atoms with Gasteiger partial charge >= 0.3 is 0 Å². The molecule has 0 unspecified atom stereocenters. The van der Waals surface area contributed by atoms with E-state index >= 15 is 0 Å². The number of carbonyl (C=O) groups excluding carboxylic acids is 1. The quantitative estimate of drug-likeness (QED) is 0.389. The molecule has 5 aliphatic rings. The van der Waals surface area contributed by atoms with Crippen LogP contribution in [0.15, 0.2) is 48.6 Å². The first-order valence-electron chi connectivity index (χ1n) is 15.4. The Morgan fingerprint density at radius 2 is 1.93 bits per heavy atom. The highest BCUT2D eigenvalue weighted by Gasteiger charge is 2.44. The molecular formula is C33H39ClN2O5S. The molecule has 42 heavy (non-hydrogen) atoms. The van der Waals surface area contributed by atoms with Crippen molar-refractivity contribution in [2.24, 2.45) is 17.8 Å². The molecule has 2 heterocycles. The minimum absolute atomic E-state index is 0.0655. The maximum absolute atomic E-state index is 13.4. The fourth-order valence-corrected chi connectivity index (χ4v) is 10.2. The van der Waals surface area contributed by atoms with E-state index in [1.54, 1.807) is 12.1 Å². The van der Waals surface area contributed by atoms with Crippen molar-refractivity contribution >= 4 is 33.2 Å². The summed E-state index contributed by atoms with van der Waals surface area (Å²) in [4.78, 5) is 15.8. The van der Waals surface area contributed by atoms with Crippen molar-refractivity contribution in [3.63, 3.8) is 0 Å². The number of hydrogen-bond acceptors (Lipinski definition) is 6. The average molecular weight is 611 g/mol. The van der Waals surface area contributed by atoms with Gasteiger partial charge in [0.2, 0.25) is 10.0 Å². The number of rotatable bonds is 0. The number of nitrogens with zero attached hydrogens (tertiary/aromatic N) is 1. The Balaban J connectivity index is 1.29. The summed E-state index contributed by atoms with van der Waals surface area (Å²) in [6, 6.07) is 11.5. The van der Waals surface area contributed by atoms with E-state index in [0.717, 1.165) is 62.2 Å². The summed E-state index contributed by atoms with van der Waals surface area (Å²) >= 11 is 6.39. The third-order valence-corrected chi connectivity index (χ3v) is 12.8. The summed E-state index contributed by atoms with van der Waals surface area (Å²) < 4.78 is 35.7. The first-order valence-corrected chi connectivity index (χ1v) is 17.4. The molecule has 2 bridgehead atoms. The van der Waals surface area contributed by atoms with Crippen LogP contribution in [0.5, 0.6) is 5.75 Å². The van der Waals surface area contributed by atoms with Crippen molar-refractivity contribution in [1.29, 1.82) is 0 Å². The van der Waals surface area contributed by atoms with Crippen LogP contribution in [0.25, 0.3) is 0 Å². The predicted octanol–water partition coefficient (Wildman–Crippen LogP) is 5.39. The van der Waals surface area contributed by atoms with Gasteiger partial charge in [0, 0.05) is 29.1 Å². The van der Waals surface area contributed by atoms with Crippen LogP contribution in [0.1, 0.15) is 72.9 Å². The Bertz CT molecular complexity index is 1530. The lowest BCUT2D eigenvalue weighted by Crippen LogP contribution is -2.49. The molecule has 3 aliphatic carbocycles. The summed E-state index contributed by atoms with van der Waals surface area (Å²) in [5.41, 5.74) is 3.39. The van der Waals surface area contributed by atoms with Gasteiger partial charge in [-0.1, -0.05) is 36.2 Å². The van der Waals surface area contributed by atoms with Crippen LogP contribution >= 0.6 is 11.6 Å². The molecular weight excluding hydrogens is 572 g/mol. The van der Waals surface area contributed by atoms with E-state index in [9.17, 15) is 18.3 Å². The molecule has 1 amide bonds. The van der Waals surface area contributed by atoms with Crippen molar-refractivity contribution in [3.8, 4) is 5.75 Å². The fraction of sp³-hybridized carbons (Fsp3) is 0.545. The molecule has 6 atom stereocenters. The van der Waals surface area contributed by atoms with Crippen molar-refractivity contribution in [2.75, 3.05) is 24.6 Å². The number of sulfonamides is 1. The standard InChI is InChI=1S/C33H39ClN2O5S/c34-25-11-13-27-22(16-25)6-3-15-33(27)19-36-18-24-9-12-26(24)29(37)7-1-4-21-5-2-8-31(21)42(39,40)35-32(38)23-10-14-30(41-20-33)28(36)17-23/h1,7,10-11,13-14,16-17,21,24,26,29,31,37H,2-6,8-9,12,15,18-20H2,(H,35,38)/b7-1+/t21-,24-,26+,29-,31+,33-/m0/s1. The number of carbonyl (C=O) groups is 1. The molecule has 224 valence electrons. The molecule has 2 saturated carbocycles. The van der Waals surface area contributed by atoms with Crippen LogP contribution in [0, 0.1) is 17.8 Å². The summed E-state index contributed by atoms with van der Waals surface area (Å²) in [6.45, 7) is 1.94. The number of anilines is 1. The van der Waals surface area contributed by atoms with Gasteiger partial charge in [0.1, 0.15) is 5.75 Å². The van der Waals surface area contributed by atoms with Crippen LogP contribution in [0.4, 0.5) is 5.69 Å². The van der Waals surface area contributed by atoms with Gasteiger partial charge in [-0.2, -0.15) is 0 Å². The molecule has 0 radical (unpaired) electrons. The number of halogens is 1. The monoisotopic (exact) mass is 610 g/mol. The molecule has 0 saturated heterocycles. The normalized spacial score (nSPS) is 34.6. The van der Waals surface area contributed by atoms with Gasteiger partial charge in [-0.3, -0.25) is 4.79 Å². The average Bonchev–Trinajstić information content (AvgIpc) is 3.37. The van der Waals surface area contributed by atoms with Crippen molar-refractivity contribution in [3.05, 3.63) is 70.3 Å².